The Morgan fingerprint density at radius 1 is 0.794 bits per heavy atom. The molecule has 7 heteroatoms. The molecule has 0 bridgehead atoms. The third-order valence-electron chi connectivity index (χ3n) is 5.85. The van der Waals surface area contributed by atoms with Crippen LogP contribution in [-0.2, 0) is 15.9 Å². The van der Waals surface area contributed by atoms with E-state index < -0.39 is 29.0 Å². The highest BCUT2D eigenvalue weighted by atomic mass is 16.5. The summed E-state index contributed by atoms with van der Waals surface area (Å²) in [6.45, 7) is 3.93. The van der Waals surface area contributed by atoms with Gasteiger partial charge in [0.05, 0.1) is 25.3 Å². The van der Waals surface area contributed by atoms with Crippen LogP contribution >= 0.6 is 0 Å². The molecule has 0 spiro atoms. The number of benzene rings is 2. The highest BCUT2D eigenvalue weighted by molar-refractivity contribution is 6.19. The summed E-state index contributed by atoms with van der Waals surface area (Å²) in [7, 11) is 2.24. The van der Waals surface area contributed by atoms with Gasteiger partial charge in [-0.05, 0) is 43.5 Å². The van der Waals surface area contributed by atoms with Gasteiger partial charge >= 0.3 is 11.9 Å². The number of methoxy groups -OCH3 is 2. The largest absolute Gasteiger partial charge is 0.507 e. The molecule has 0 aliphatic heterocycles. The van der Waals surface area contributed by atoms with E-state index in [0.29, 0.717) is 12.0 Å². The van der Waals surface area contributed by atoms with E-state index in [9.17, 15) is 24.6 Å². The standard InChI is InChI=1S/C27H34O7/c1-5-6-7-8-9-10-11-12-18-16-20(25(30)19-15-17(2)13-14-21(19)28)22(26(31)33-3)23(24(18)29)27(32)34-4/h13-16,28-29H,5-12H2,1-4H3. The predicted octanol–water partition coefficient (Wildman–Crippen LogP) is 5.50. The van der Waals surface area contributed by atoms with Crippen LogP contribution in [-0.4, -0.2) is 42.2 Å². The minimum Gasteiger partial charge on any atom is -0.507 e. The summed E-state index contributed by atoms with van der Waals surface area (Å²) >= 11 is 0. The minimum absolute atomic E-state index is 0.0199. The van der Waals surface area contributed by atoms with E-state index in [1.807, 2.05) is 0 Å². The molecule has 2 N–H and O–H groups in total. The van der Waals surface area contributed by atoms with Gasteiger partial charge in [-0.15, -0.1) is 0 Å². The summed E-state index contributed by atoms with van der Waals surface area (Å²) in [6.07, 6.45) is 7.81. The highest BCUT2D eigenvalue weighted by Gasteiger charge is 2.32. The fourth-order valence-electron chi connectivity index (χ4n) is 3.96. The number of aromatic hydroxyl groups is 2. The van der Waals surface area contributed by atoms with Gasteiger partial charge in [0.2, 0.25) is 0 Å². The van der Waals surface area contributed by atoms with Crippen LogP contribution in [0.25, 0.3) is 0 Å². The fourth-order valence-corrected chi connectivity index (χ4v) is 3.96. The van der Waals surface area contributed by atoms with Gasteiger partial charge in [-0.3, -0.25) is 4.79 Å². The van der Waals surface area contributed by atoms with Crippen LogP contribution in [0.4, 0.5) is 0 Å². The van der Waals surface area contributed by atoms with Crippen LogP contribution < -0.4 is 0 Å². The molecule has 2 aromatic rings. The summed E-state index contributed by atoms with van der Waals surface area (Å²) < 4.78 is 9.62. The number of phenols is 2. The Morgan fingerprint density at radius 3 is 2.00 bits per heavy atom. The maximum absolute atomic E-state index is 13.5. The van der Waals surface area contributed by atoms with E-state index in [0.717, 1.165) is 45.5 Å². The van der Waals surface area contributed by atoms with Gasteiger partial charge in [-0.25, -0.2) is 9.59 Å². The number of hydrogen-bond donors (Lipinski definition) is 2. The van der Waals surface area contributed by atoms with Crippen molar-refractivity contribution in [1.82, 2.24) is 0 Å². The summed E-state index contributed by atoms with van der Waals surface area (Å²) in [5.74, 6) is -3.24. The Bertz CT molecular complexity index is 1040. The molecule has 0 amide bonds. The first-order valence-electron chi connectivity index (χ1n) is 11.7. The van der Waals surface area contributed by atoms with Crippen molar-refractivity contribution in [2.45, 2.75) is 65.2 Å². The maximum Gasteiger partial charge on any atom is 0.342 e. The zero-order chi connectivity index (χ0) is 25.3. The van der Waals surface area contributed by atoms with Gasteiger partial charge in [0.25, 0.3) is 0 Å². The molecule has 0 aliphatic rings. The van der Waals surface area contributed by atoms with Crippen LogP contribution in [0.2, 0.25) is 0 Å². The fraction of sp³-hybridized carbons (Fsp3) is 0.444. The Balaban J connectivity index is 2.54. The van der Waals surface area contributed by atoms with E-state index in [1.54, 1.807) is 13.0 Å². The molecule has 2 aromatic carbocycles. The van der Waals surface area contributed by atoms with Gasteiger partial charge in [0, 0.05) is 5.56 Å². The van der Waals surface area contributed by atoms with Gasteiger partial charge in [-0.2, -0.15) is 0 Å². The summed E-state index contributed by atoms with van der Waals surface area (Å²) in [5, 5.41) is 21.2. The van der Waals surface area contributed by atoms with E-state index in [-0.39, 0.29) is 22.4 Å². The molecular weight excluding hydrogens is 436 g/mol. The van der Waals surface area contributed by atoms with Crippen molar-refractivity contribution in [2.24, 2.45) is 0 Å². The number of esters is 2. The molecule has 0 fully saturated rings. The van der Waals surface area contributed by atoms with Crippen LogP contribution in [0.15, 0.2) is 24.3 Å². The third kappa shape index (κ3) is 6.37. The van der Waals surface area contributed by atoms with E-state index in [4.69, 9.17) is 9.47 Å². The van der Waals surface area contributed by atoms with Gasteiger partial charge in [0.15, 0.2) is 5.78 Å². The van der Waals surface area contributed by atoms with Gasteiger partial charge < -0.3 is 19.7 Å². The minimum atomic E-state index is -0.964. The van der Waals surface area contributed by atoms with E-state index in [1.165, 1.54) is 37.5 Å². The monoisotopic (exact) mass is 470 g/mol. The van der Waals surface area contributed by atoms with Crippen LogP contribution in [0, 0.1) is 6.92 Å². The summed E-state index contributed by atoms with van der Waals surface area (Å²) in [6, 6.07) is 5.95. The van der Waals surface area contributed by atoms with E-state index in [2.05, 4.69) is 6.92 Å². The van der Waals surface area contributed by atoms with Crippen molar-refractivity contribution in [3.8, 4) is 11.5 Å². The molecule has 0 aliphatic carbocycles. The first-order valence-corrected chi connectivity index (χ1v) is 11.7. The lowest BCUT2D eigenvalue weighted by atomic mass is 9.89. The van der Waals surface area contributed by atoms with Crippen molar-refractivity contribution >= 4 is 17.7 Å². The van der Waals surface area contributed by atoms with Crippen molar-refractivity contribution in [3.05, 3.63) is 57.6 Å². The first kappa shape index (κ1) is 26.9. The number of ketones is 1. The molecular formula is C27H34O7. The first-order chi connectivity index (χ1) is 16.3. The Morgan fingerprint density at radius 2 is 1.38 bits per heavy atom. The summed E-state index contributed by atoms with van der Waals surface area (Å²) in [5.41, 5.74) is 0.136. The van der Waals surface area contributed by atoms with Gasteiger partial charge in [0.1, 0.15) is 17.1 Å². The van der Waals surface area contributed by atoms with Crippen molar-refractivity contribution in [1.29, 1.82) is 0 Å². The normalized spacial score (nSPS) is 10.7. The Labute approximate surface area is 200 Å². The highest BCUT2D eigenvalue weighted by Crippen LogP contribution is 2.34. The lowest BCUT2D eigenvalue weighted by Gasteiger charge is -2.17. The van der Waals surface area contributed by atoms with E-state index >= 15 is 0 Å². The number of rotatable bonds is 12. The zero-order valence-corrected chi connectivity index (χ0v) is 20.4. The molecule has 0 aromatic heterocycles. The lowest BCUT2D eigenvalue weighted by molar-refractivity contribution is 0.0550. The van der Waals surface area contributed by atoms with Crippen LogP contribution in [0.1, 0.15) is 99.6 Å². The predicted molar refractivity (Wildman–Crippen MR) is 129 cm³/mol. The molecule has 7 nitrogen and oxygen atoms in total. The topological polar surface area (TPSA) is 110 Å². The van der Waals surface area contributed by atoms with Crippen molar-refractivity contribution in [3.63, 3.8) is 0 Å². The number of phenolic OH excluding ortho intramolecular Hbond substituents is 2. The molecule has 0 radical (unpaired) electrons. The van der Waals surface area contributed by atoms with Crippen LogP contribution in [0.3, 0.4) is 0 Å². The second kappa shape index (κ2) is 12.8. The summed E-state index contributed by atoms with van der Waals surface area (Å²) in [4.78, 5) is 38.7. The van der Waals surface area contributed by atoms with Gasteiger partial charge in [-0.1, -0.05) is 57.1 Å². The number of hydrogen-bond acceptors (Lipinski definition) is 7. The second-order valence-corrected chi connectivity index (χ2v) is 8.39. The average molecular weight is 471 g/mol. The SMILES string of the molecule is CCCCCCCCCc1cc(C(=O)c2cc(C)ccc2O)c(C(=O)OC)c(C(=O)OC)c1O. The van der Waals surface area contributed by atoms with Crippen molar-refractivity contribution < 1.29 is 34.1 Å². The molecule has 0 saturated heterocycles. The van der Waals surface area contributed by atoms with Crippen LogP contribution in [0.5, 0.6) is 11.5 Å². The number of carbonyl (C=O) groups excluding carboxylic acids is 3. The number of carbonyl (C=O) groups is 3. The molecule has 184 valence electrons. The Kier molecular flexibility index (Phi) is 10.1. The number of unbranched alkanes of at least 4 members (excludes halogenated alkanes) is 6. The number of ether oxygens (including phenoxy) is 2. The number of aryl methyl sites for hydroxylation is 2. The Hall–Kier alpha value is -3.35. The molecule has 0 saturated carbocycles. The van der Waals surface area contributed by atoms with Crippen molar-refractivity contribution in [2.75, 3.05) is 14.2 Å². The molecule has 0 atom stereocenters. The quantitative estimate of drug-likeness (QED) is 0.239. The molecule has 0 unspecified atom stereocenters. The molecule has 0 heterocycles. The molecule has 2 rings (SSSR count). The third-order valence-corrected chi connectivity index (χ3v) is 5.85. The maximum atomic E-state index is 13.5. The lowest BCUT2D eigenvalue weighted by Crippen LogP contribution is -2.19. The average Bonchev–Trinajstić information content (AvgIpc) is 2.83. The molecule has 34 heavy (non-hydrogen) atoms. The second-order valence-electron chi connectivity index (χ2n) is 8.39. The smallest absolute Gasteiger partial charge is 0.342 e. The zero-order valence-electron chi connectivity index (χ0n) is 20.4.